The van der Waals surface area contributed by atoms with Gasteiger partial charge in [-0.25, -0.2) is 4.98 Å². The van der Waals surface area contributed by atoms with Gasteiger partial charge in [0.1, 0.15) is 29.4 Å². The molecule has 0 unspecified atom stereocenters. The zero-order chi connectivity index (χ0) is 22.1. The molecule has 3 heterocycles. The molecule has 2 aromatic heterocycles. The summed E-state index contributed by atoms with van der Waals surface area (Å²) in [7, 11) is 0. The van der Waals surface area contributed by atoms with E-state index in [1.54, 1.807) is 12.1 Å². The van der Waals surface area contributed by atoms with E-state index in [9.17, 15) is 4.79 Å². The molecule has 9 nitrogen and oxygen atoms in total. The second-order valence-corrected chi connectivity index (χ2v) is 7.28. The summed E-state index contributed by atoms with van der Waals surface area (Å²) < 4.78 is 12.5. The van der Waals surface area contributed by atoms with Crippen molar-refractivity contribution in [2.45, 2.75) is 6.10 Å². The molecule has 2 aromatic carbocycles. The van der Waals surface area contributed by atoms with Crippen LogP contribution in [0, 0.1) is 0 Å². The molecule has 1 fully saturated rings. The first-order chi connectivity index (χ1) is 15.6. The lowest BCUT2D eigenvalue weighted by molar-refractivity contribution is -0.111. The monoisotopic (exact) mass is 428 g/mol. The summed E-state index contributed by atoms with van der Waals surface area (Å²) in [5, 5.41) is 11.6. The van der Waals surface area contributed by atoms with Crippen molar-refractivity contribution in [1.82, 2.24) is 19.8 Å². The molecule has 160 valence electrons. The molecule has 9 heteroatoms. The van der Waals surface area contributed by atoms with Crippen LogP contribution in [0.3, 0.4) is 0 Å². The number of hydrogen-bond donors (Lipinski definition) is 2. The van der Waals surface area contributed by atoms with Crippen molar-refractivity contribution < 1.29 is 14.3 Å². The number of nitrogen functional groups attached to an aromatic ring is 1. The maximum absolute atomic E-state index is 11.6. The minimum absolute atomic E-state index is 0.0949. The highest BCUT2D eigenvalue weighted by atomic mass is 16.6. The molecule has 0 bridgehead atoms. The van der Waals surface area contributed by atoms with Crippen molar-refractivity contribution in [2.24, 2.45) is 0 Å². The van der Waals surface area contributed by atoms with E-state index in [0.717, 1.165) is 22.4 Å². The normalized spacial score (nSPS) is 13.5. The van der Waals surface area contributed by atoms with Gasteiger partial charge in [0.05, 0.1) is 13.2 Å². The molecule has 5 rings (SSSR count). The van der Waals surface area contributed by atoms with Crippen molar-refractivity contribution in [1.29, 1.82) is 0 Å². The quantitative estimate of drug-likeness (QED) is 0.454. The largest absolute Gasteiger partial charge is 0.486 e. The average molecular weight is 428 g/mol. The molecular weight excluding hydrogens is 408 g/mol. The van der Waals surface area contributed by atoms with Gasteiger partial charge >= 0.3 is 0 Å². The summed E-state index contributed by atoms with van der Waals surface area (Å²) in [6.07, 6.45) is 2.69. The molecular formula is C23H20N6O3. The van der Waals surface area contributed by atoms with Crippen LogP contribution in [0.2, 0.25) is 0 Å². The van der Waals surface area contributed by atoms with Crippen molar-refractivity contribution in [3.05, 3.63) is 67.5 Å². The Bertz CT molecular complexity index is 1290. The van der Waals surface area contributed by atoms with Gasteiger partial charge in [-0.2, -0.15) is 0 Å². The number of hydrogen-bond acceptors (Lipinski definition) is 7. The smallest absolute Gasteiger partial charge is 0.247 e. The molecule has 4 aromatic rings. The zero-order valence-electron chi connectivity index (χ0n) is 17.1. The number of aromatic nitrogens is 4. The molecule has 32 heavy (non-hydrogen) atoms. The van der Waals surface area contributed by atoms with Gasteiger partial charge in [-0.3, -0.25) is 4.79 Å². The molecule has 1 aliphatic heterocycles. The van der Waals surface area contributed by atoms with Crippen LogP contribution >= 0.6 is 0 Å². The number of rotatable bonds is 6. The summed E-state index contributed by atoms with van der Waals surface area (Å²) in [5.41, 5.74) is 10.7. The predicted octanol–water partition coefficient (Wildman–Crippen LogP) is 2.94. The Balaban J connectivity index is 1.56. The SMILES string of the molecule is C=CC(=O)Nc1ccc(-c2nn3ncnc(N)c3c2-c2ccc(OC3COC3)cc2)cc1. The van der Waals surface area contributed by atoms with Crippen molar-refractivity contribution >= 4 is 22.9 Å². The first kappa shape index (κ1) is 19.7. The number of carbonyl (C=O) groups excluding carboxylic acids is 1. The van der Waals surface area contributed by atoms with Gasteiger partial charge in [0, 0.05) is 16.8 Å². The maximum Gasteiger partial charge on any atom is 0.247 e. The summed E-state index contributed by atoms with van der Waals surface area (Å²) in [6, 6.07) is 15.1. The van der Waals surface area contributed by atoms with Crippen LogP contribution in [0.1, 0.15) is 0 Å². The molecule has 1 aliphatic rings. The summed E-state index contributed by atoms with van der Waals surface area (Å²) in [4.78, 5) is 15.7. The molecule has 1 saturated heterocycles. The summed E-state index contributed by atoms with van der Waals surface area (Å²) in [6.45, 7) is 4.68. The standard InChI is InChI=1S/C23H20N6O3/c1-2-19(30)27-16-7-3-15(4-8-16)21-20(22-23(24)25-13-26-29(22)28-21)14-5-9-17(10-6-14)32-18-11-31-12-18/h2-10,13,18H,1,11-12H2,(H,27,30)(H2,24,25,26). The average Bonchev–Trinajstić information content (AvgIpc) is 3.18. The fourth-order valence-electron chi connectivity index (χ4n) is 3.47. The topological polar surface area (TPSA) is 117 Å². The Labute approximate surface area is 183 Å². The lowest BCUT2D eigenvalue weighted by atomic mass is 9.99. The minimum Gasteiger partial charge on any atom is -0.486 e. The Morgan fingerprint density at radius 2 is 1.88 bits per heavy atom. The third-order valence-corrected chi connectivity index (χ3v) is 5.13. The van der Waals surface area contributed by atoms with E-state index in [1.165, 1.54) is 17.0 Å². The number of amides is 1. The van der Waals surface area contributed by atoms with E-state index in [-0.39, 0.29) is 12.0 Å². The number of benzene rings is 2. The lowest BCUT2D eigenvalue weighted by Crippen LogP contribution is -2.38. The molecule has 0 atom stereocenters. The maximum atomic E-state index is 11.6. The molecule has 1 amide bonds. The molecule has 3 N–H and O–H groups in total. The Kier molecular flexibility index (Phi) is 5.00. The highest BCUT2D eigenvalue weighted by Crippen LogP contribution is 2.37. The predicted molar refractivity (Wildman–Crippen MR) is 120 cm³/mol. The molecule has 0 radical (unpaired) electrons. The third-order valence-electron chi connectivity index (χ3n) is 5.13. The van der Waals surface area contributed by atoms with E-state index in [0.29, 0.717) is 35.9 Å². The molecule has 0 spiro atoms. The van der Waals surface area contributed by atoms with Gasteiger partial charge < -0.3 is 20.5 Å². The van der Waals surface area contributed by atoms with Gasteiger partial charge in [-0.1, -0.05) is 30.8 Å². The number of carbonyl (C=O) groups is 1. The van der Waals surface area contributed by atoms with Crippen LogP contribution in [0.4, 0.5) is 11.5 Å². The second kappa shape index (κ2) is 8.12. The van der Waals surface area contributed by atoms with Crippen molar-refractivity contribution in [3.63, 3.8) is 0 Å². The fraction of sp³-hybridized carbons (Fsp3) is 0.130. The van der Waals surface area contributed by atoms with Gasteiger partial charge in [-0.05, 0) is 35.9 Å². The number of nitrogens with two attached hydrogens (primary N) is 1. The number of ether oxygens (including phenoxy) is 2. The number of nitrogens with zero attached hydrogens (tertiary/aromatic N) is 4. The fourth-order valence-corrected chi connectivity index (χ4v) is 3.47. The van der Waals surface area contributed by atoms with Gasteiger partial charge in [-0.15, -0.1) is 14.8 Å². The van der Waals surface area contributed by atoms with Crippen LogP contribution in [0.25, 0.3) is 27.9 Å². The van der Waals surface area contributed by atoms with Crippen molar-refractivity contribution in [3.8, 4) is 28.1 Å². The van der Waals surface area contributed by atoms with Gasteiger partial charge in [0.25, 0.3) is 0 Å². The van der Waals surface area contributed by atoms with Crippen LogP contribution in [0.5, 0.6) is 5.75 Å². The van der Waals surface area contributed by atoms with Crippen LogP contribution in [0.15, 0.2) is 67.5 Å². The van der Waals surface area contributed by atoms with Crippen molar-refractivity contribution in [2.75, 3.05) is 24.3 Å². The van der Waals surface area contributed by atoms with Gasteiger partial charge in [0.2, 0.25) is 5.91 Å². The lowest BCUT2D eigenvalue weighted by Gasteiger charge is -2.26. The Morgan fingerprint density at radius 3 is 2.53 bits per heavy atom. The second-order valence-electron chi connectivity index (χ2n) is 7.28. The van der Waals surface area contributed by atoms with E-state index in [4.69, 9.17) is 15.2 Å². The van der Waals surface area contributed by atoms with E-state index in [2.05, 4.69) is 27.1 Å². The summed E-state index contributed by atoms with van der Waals surface area (Å²) in [5.74, 6) is 0.826. The number of fused-ring (bicyclic) bond motifs is 1. The summed E-state index contributed by atoms with van der Waals surface area (Å²) >= 11 is 0. The highest BCUT2D eigenvalue weighted by molar-refractivity contribution is 5.99. The first-order valence-electron chi connectivity index (χ1n) is 10.0. The molecule has 0 aliphatic carbocycles. The zero-order valence-corrected chi connectivity index (χ0v) is 17.1. The molecule has 0 saturated carbocycles. The van der Waals surface area contributed by atoms with E-state index < -0.39 is 0 Å². The Hall–Kier alpha value is -4.24. The highest BCUT2D eigenvalue weighted by Gasteiger charge is 2.22. The first-order valence-corrected chi connectivity index (χ1v) is 10.0. The van der Waals surface area contributed by atoms with Crippen LogP contribution in [-0.4, -0.2) is 45.0 Å². The van der Waals surface area contributed by atoms with Gasteiger partial charge in [0.15, 0.2) is 5.82 Å². The van der Waals surface area contributed by atoms with Crippen LogP contribution < -0.4 is 15.8 Å². The minimum atomic E-state index is -0.273. The van der Waals surface area contributed by atoms with E-state index in [1.807, 2.05) is 36.4 Å². The number of anilines is 2. The third kappa shape index (κ3) is 3.65. The number of nitrogens with one attached hydrogen (secondary N) is 1. The van der Waals surface area contributed by atoms with Crippen LogP contribution in [-0.2, 0) is 9.53 Å². The Morgan fingerprint density at radius 1 is 1.16 bits per heavy atom. The van der Waals surface area contributed by atoms with E-state index >= 15 is 0 Å².